The standard InChI is InChI=1S/C14H22N4O/c1-10-6-16-13(19-10)11(2)15-7-12-8-17-18(9-12)14(3,4)5/h6,8-9,11,15H,7H2,1-5H3. The van der Waals surface area contributed by atoms with Crippen LogP contribution in [0.4, 0.5) is 0 Å². The maximum absolute atomic E-state index is 5.50. The van der Waals surface area contributed by atoms with Gasteiger partial charge in [0.2, 0.25) is 5.89 Å². The minimum atomic E-state index is 0.0174. The van der Waals surface area contributed by atoms with Gasteiger partial charge >= 0.3 is 0 Å². The zero-order chi connectivity index (χ0) is 14.0. The van der Waals surface area contributed by atoms with Crippen molar-refractivity contribution in [2.45, 2.75) is 52.7 Å². The van der Waals surface area contributed by atoms with E-state index in [0.717, 1.165) is 23.8 Å². The number of nitrogens with zero attached hydrogens (tertiary/aromatic N) is 3. The van der Waals surface area contributed by atoms with Crippen LogP contribution in [0.15, 0.2) is 23.0 Å². The van der Waals surface area contributed by atoms with Crippen LogP contribution in [0.5, 0.6) is 0 Å². The molecule has 0 saturated heterocycles. The van der Waals surface area contributed by atoms with Gasteiger partial charge in [0.05, 0.1) is 24.0 Å². The van der Waals surface area contributed by atoms with Crippen LogP contribution in [0.25, 0.3) is 0 Å². The molecule has 0 fully saturated rings. The van der Waals surface area contributed by atoms with Gasteiger partial charge in [0.1, 0.15) is 5.76 Å². The summed E-state index contributed by atoms with van der Waals surface area (Å²) in [5.74, 6) is 1.56. The van der Waals surface area contributed by atoms with Gasteiger partial charge in [0, 0.05) is 18.3 Å². The van der Waals surface area contributed by atoms with E-state index >= 15 is 0 Å². The molecule has 2 rings (SSSR count). The summed E-state index contributed by atoms with van der Waals surface area (Å²) in [5.41, 5.74) is 1.17. The van der Waals surface area contributed by atoms with Crippen molar-refractivity contribution in [3.63, 3.8) is 0 Å². The second-order valence-electron chi connectivity index (χ2n) is 5.88. The maximum atomic E-state index is 5.50. The molecule has 2 aromatic heterocycles. The van der Waals surface area contributed by atoms with Crippen LogP contribution < -0.4 is 5.32 Å². The van der Waals surface area contributed by atoms with Gasteiger partial charge in [-0.15, -0.1) is 0 Å². The molecule has 5 heteroatoms. The second kappa shape index (κ2) is 5.17. The Hall–Kier alpha value is -1.62. The minimum Gasteiger partial charge on any atom is -0.444 e. The van der Waals surface area contributed by atoms with Crippen molar-refractivity contribution in [1.29, 1.82) is 0 Å². The lowest BCUT2D eigenvalue weighted by Gasteiger charge is -2.18. The fourth-order valence-electron chi connectivity index (χ4n) is 1.75. The SMILES string of the molecule is Cc1cnc(C(C)NCc2cnn(C(C)(C)C)c2)o1. The van der Waals surface area contributed by atoms with Crippen molar-refractivity contribution < 1.29 is 4.42 Å². The van der Waals surface area contributed by atoms with Crippen molar-refractivity contribution in [3.05, 3.63) is 35.8 Å². The quantitative estimate of drug-likeness (QED) is 0.920. The number of hydrogen-bond acceptors (Lipinski definition) is 4. The number of hydrogen-bond donors (Lipinski definition) is 1. The number of oxazole rings is 1. The molecule has 0 saturated carbocycles. The van der Waals surface area contributed by atoms with E-state index in [4.69, 9.17) is 4.42 Å². The van der Waals surface area contributed by atoms with Crippen LogP contribution in [0.1, 0.15) is 51.0 Å². The van der Waals surface area contributed by atoms with Gasteiger partial charge in [-0.3, -0.25) is 4.68 Å². The van der Waals surface area contributed by atoms with Gasteiger partial charge in [0.25, 0.3) is 0 Å². The maximum Gasteiger partial charge on any atom is 0.211 e. The van der Waals surface area contributed by atoms with Crippen LogP contribution in [-0.2, 0) is 12.1 Å². The van der Waals surface area contributed by atoms with Gasteiger partial charge < -0.3 is 9.73 Å². The van der Waals surface area contributed by atoms with Crippen molar-refractivity contribution in [2.75, 3.05) is 0 Å². The largest absolute Gasteiger partial charge is 0.444 e. The first kappa shape index (κ1) is 13.8. The van der Waals surface area contributed by atoms with Crippen LogP contribution in [0.2, 0.25) is 0 Å². The molecule has 104 valence electrons. The van der Waals surface area contributed by atoms with E-state index in [0.29, 0.717) is 0 Å². The first-order valence-corrected chi connectivity index (χ1v) is 6.56. The summed E-state index contributed by atoms with van der Waals surface area (Å²) in [7, 11) is 0. The lowest BCUT2D eigenvalue weighted by atomic mass is 10.1. The van der Waals surface area contributed by atoms with E-state index in [1.165, 1.54) is 0 Å². The van der Waals surface area contributed by atoms with Crippen LogP contribution in [-0.4, -0.2) is 14.8 Å². The van der Waals surface area contributed by atoms with Gasteiger partial charge in [-0.2, -0.15) is 5.10 Å². The predicted octanol–water partition coefficient (Wildman–Crippen LogP) is 2.79. The number of aryl methyl sites for hydroxylation is 1. The molecule has 5 nitrogen and oxygen atoms in total. The molecule has 1 N–H and O–H groups in total. The normalized spacial score (nSPS) is 13.7. The number of rotatable bonds is 4. The fourth-order valence-corrected chi connectivity index (χ4v) is 1.75. The molecule has 0 aliphatic rings. The topological polar surface area (TPSA) is 55.9 Å². The minimum absolute atomic E-state index is 0.0174. The third-order valence-electron chi connectivity index (χ3n) is 2.95. The highest BCUT2D eigenvalue weighted by molar-refractivity contribution is 5.06. The third kappa shape index (κ3) is 3.44. The molecular formula is C14H22N4O. The lowest BCUT2D eigenvalue weighted by Crippen LogP contribution is -2.22. The molecule has 0 bridgehead atoms. The molecule has 0 radical (unpaired) electrons. The van der Waals surface area contributed by atoms with Crippen molar-refractivity contribution in [3.8, 4) is 0 Å². The summed E-state index contributed by atoms with van der Waals surface area (Å²) in [6, 6.07) is 0.0895. The Morgan fingerprint density at radius 1 is 1.37 bits per heavy atom. The summed E-state index contributed by atoms with van der Waals surface area (Å²) in [6.07, 6.45) is 5.71. The predicted molar refractivity (Wildman–Crippen MR) is 73.7 cm³/mol. The summed E-state index contributed by atoms with van der Waals surface area (Å²) >= 11 is 0. The van der Waals surface area contributed by atoms with E-state index < -0.39 is 0 Å². The van der Waals surface area contributed by atoms with Crippen LogP contribution in [0, 0.1) is 6.92 Å². The molecule has 0 spiro atoms. The average molecular weight is 262 g/mol. The summed E-state index contributed by atoms with van der Waals surface area (Å²) in [6.45, 7) is 11.1. The third-order valence-corrected chi connectivity index (χ3v) is 2.95. The highest BCUT2D eigenvalue weighted by atomic mass is 16.4. The first-order valence-electron chi connectivity index (χ1n) is 6.56. The molecular weight excluding hydrogens is 240 g/mol. The molecule has 1 unspecified atom stereocenters. The summed E-state index contributed by atoms with van der Waals surface area (Å²) in [4.78, 5) is 4.22. The van der Waals surface area contributed by atoms with Crippen LogP contribution >= 0.6 is 0 Å². The summed E-state index contributed by atoms with van der Waals surface area (Å²) < 4.78 is 7.47. The van der Waals surface area contributed by atoms with Crippen molar-refractivity contribution in [2.24, 2.45) is 0 Å². The molecule has 2 aromatic rings. The first-order chi connectivity index (χ1) is 8.86. The Labute approximate surface area is 114 Å². The Morgan fingerprint density at radius 2 is 2.11 bits per heavy atom. The zero-order valence-electron chi connectivity index (χ0n) is 12.3. The Balaban J connectivity index is 1.94. The molecule has 1 atom stereocenters. The molecule has 19 heavy (non-hydrogen) atoms. The van der Waals surface area contributed by atoms with Gasteiger partial charge in [-0.05, 0) is 34.6 Å². The molecule has 2 heterocycles. The van der Waals surface area contributed by atoms with Gasteiger partial charge in [0.15, 0.2) is 0 Å². The van der Waals surface area contributed by atoms with Crippen molar-refractivity contribution in [1.82, 2.24) is 20.1 Å². The number of aromatic nitrogens is 3. The molecule has 0 aliphatic heterocycles. The molecule has 0 amide bonds. The van der Waals surface area contributed by atoms with Crippen molar-refractivity contribution >= 4 is 0 Å². The molecule has 0 aliphatic carbocycles. The van der Waals surface area contributed by atoms with Gasteiger partial charge in [-0.25, -0.2) is 4.98 Å². The highest BCUT2D eigenvalue weighted by Crippen LogP contribution is 2.15. The number of nitrogens with one attached hydrogen (secondary N) is 1. The molecule has 0 aromatic carbocycles. The fraction of sp³-hybridized carbons (Fsp3) is 0.571. The van der Waals surface area contributed by atoms with Gasteiger partial charge in [-0.1, -0.05) is 0 Å². The Morgan fingerprint density at radius 3 is 2.63 bits per heavy atom. The van der Waals surface area contributed by atoms with E-state index in [9.17, 15) is 0 Å². The Bertz CT molecular complexity index is 536. The Kier molecular flexibility index (Phi) is 3.75. The van der Waals surface area contributed by atoms with E-state index in [-0.39, 0.29) is 11.6 Å². The lowest BCUT2D eigenvalue weighted by molar-refractivity contribution is 0.355. The second-order valence-corrected chi connectivity index (χ2v) is 5.88. The highest BCUT2D eigenvalue weighted by Gasteiger charge is 2.15. The van der Waals surface area contributed by atoms with E-state index in [1.807, 2.05) is 24.7 Å². The van der Waals surface area contributed by atoms with E-state index in [2.05, 4.69) is 42.4 Å². The van der Waals surface area contributed by atoms with E-state index in [1.54, 1.807) is 6.20 Å². The monoisotopic (exact) mass is 262 g/mol. The average Bonchev–Trinajstić information content (AvgIpc) is 2.93. The smallest absolute Gasteiger partial charge is 0.211 e. The summed E-state index contributed by atoms with van der Waals surface area (Å²) in [5, 5.41) is 7.76. The zero-order valence-corrected chi connectivity index (χ0v) is 12.3. The van der Waals surface area contributed by atoms with Crippen LogP contribution in [0.3, 0.4) is 0 Å².